The van der Waals surface area contributed by atoms with Gasteiger partial charge >= 0.3 is 0 Å². The molecular formula is C16H19N3O4. The molecule has 2 amide bonds. The van der Waals surface area contributed by atoms with Crippen LogP contribution >= 0.6 is 0 Å². The molecule has 1 aliphatic heterocycles. The van der Waals surface area contributed by atoms with Gasteiger partial charge in [0.25, 0.3) is 5.91 Å². The molecule has 0 aliphatic carbocycles. The standard InChI is InChI=1S/C16H19N3O4/c1-11-14(23-12(2)17-11)10-15(20)18-5-7-19(8-6-18)16(21)13-4-3-9-22-13/h3-4,9H,5-8,10H2,1-2H3. The fraction of sp³-hybridized carbons (Fsp3) is 0.438. The van der Waals surface area contributed by atoms with E-state index in [-0.39, 0.29) is 18.2 Å². The van der Waals surface area contributed by atoms with Gasteiger partial charge in [0.05, 0.1) is 18.4 Å². The molecule has 0 bridgehead atoms. The average Bonchev–Trinajstić information content (AvgIpc) is 3.17. The molecule has 0 atom stereocenters. The summed E-state index contributed by atoms with van der Waals surface area (Å²) in [5, 5.41) is 0. The zero-order valence-electron chi connectivity index (χ0n) is 13.2. The fourth-order valence-corrected chi connectivity index (χ4v) is 2.70. The number of carbonyl (C=O) groups excluding carboxylic acids is 2. The molecule has 1 saturated heterocycles. The van der Waals surface area contributed by atoms with Gasteiger partial charge in [-0.05, 0) is 19.1 Å². The molecule has 1 aliphatic rings. The summed E-state index contributed by atoms with van der Waals surface area (Å²) in [4.78, 5) is 32.2. The molecule has 2 aromatic rings. The Morgan fingerprint density at radius 3 is 2.43 bits per heavy atom. The predicted octanol–water partition coefficient (Wildman–Crippen LogP) is 1.41. The summed E-state index contributed by atoms with van der Waals surface area (Å²) in [6.45, 7) is 5.62. The van der Waals surface area contributed by atoms with E-state index >= 15 is 0 Å². The van der Waals surface area contributed by atoms with Crippen molar-refractivity contribution in [3.8, 4) is 0 Å². The summed E-state index contributed by atoms with van der Waals surface area (Å²) in [6, 6.07) is 3.34. The first kappa shape index (κ1) is 15.3. The van der Waals surface area contributed by atoms with Crippen LogP contribution in [0.25, 0.3) is 0 Å². The lowest BCUT2D eigenvalue weighted by atomic mass is 10.2. The molecule has 0 unspecified atom stereocenters. The van der Waals surface area contributed by atoms with Gasteiger partial charge in [-0.25, -0.2) is 4.98 Å². The fourth-order valence-electron chi connectivity index (χ4n) is 2.70. The van der Waals surface area contributed by atoms with Crippen molar-refractivity contribution in [3.63, 3.8) is 0 Å². The van der Waals surface area contributed by atoms with Crippen LogP contribution in [0.3, 0.4) is 0 Å². The van der Waals surface area contributed by atoms with Crippen LogP contribution in [0.15, 0.2) is 27.2 Å². The number of amides is 2. The third kappa shape index (κ3) is 3.28. The molecule has 0 aromatic carbocycles. The monoisotopic (exact) mass is 317 g/mol. The van der Waals surface area contributed by atoms with Crippen LogP contribution < -0.4 is 0 Å². The number of hydrogen-bond acceptors (Lipinski definition) is 5. The van der Waals surface area contributed by atoms with Gasteiger partial charge in [-0.2, -0.15) is 0 Å². The van der Waals surface area contributed by atoms with Gasteiger partial charge < -0.3 is 18.6 Å². The number of aromatic nitrogens is 1. The molecule has 0 radical (unpaired) electrons. The first-order valence-corrected chi connectivity index (χ1v) is 7.58. The van der Waals surface area contributed by atoms with Gasteiger partial charge in [-0.1, -0.05) is 0 Å². The second-order valence-corrected chi connectivity index (χ2v) is 5.57. The van der Waals surface area contributed by atoms with Crippen molar-refractivity contribution in [1.82, 2.24) is 14.8 Å². The van der Waals surface area contributed by atoms with Crippen LogP contribution in [0, 0.1) is 13.8 Å². The molecule has 122 valence electrons. The summed E-state index contributed by atoms with van der Waals surface area (Å²) >= 11 is 0. The van der Waals surface area contributed by atoms with Gasteiger partial charge in [0, 0.05) is 33.1 Å². The van der Waals surface area contributed by atoms with Gasteiger partial charge in [0.15, 0.2) is 11.7 Å². The third-order valence-electron chi connectivity index (χ3n) is 3.96. The minimum atomic E-state index is -0.135. The minimum Gasteiger partial charge on any atom is -0.459 e. The van der Waals surface area contributed by atoms with Crippen molar-refractivity contribution in [2.24, 2.45) is 0 Å². The maximum absolute atomic E-state index is 12.4. The van der Waals surface area contributed by atoms with E-state index in [0.29, 0.717) is 43.6 Å². The molecule has 3 heterocycles. The Hall–Kier alpha value is -2.57. The SMILES string of the molecule is Cc1nc(C)c(CC(=O)N2CCN(C(=O)c3ccco3)CC2)o1. The van der Waals surface area contributed by atoms with E-state index in [1.165, 1.54) is 6.26 Å². The Morgan fingerprint density at radius 1 is 1.17 bits per heavy atom. The number of oxazole rings is 1. The second kappa shape index (κ2) is 6.28. The molecule has 0 N–H and O–H groups in total. The highest BCUT2D eigenvalue weighted by atomic mass is 16.4. The minimum absolute atomic E-state index is 0.00523. The van der Waals surface area contributed by atoms with Crippen LogP contribution in [0.5, 0.6) is 0 Å². The van der Waals surface area contributed by atoms with Crippen LogP contribution in [0.1, 0.15) is 27.9 Å². The zero-order chi connectivity index (χ0) is 16.4. The maximum Gasteiger partial charge on any atom is 0.289 e. The summed E-state index contributed by atoms with van der Waals surface area (Å²) in [7, 11) is 0. The number of furan rings is 1. The Kier molecular flexibility index (Phi) is 4.18. The lowest BCUT2D eigenvalue weighted by Crippen LogP contribution is -2.50. The van der Waals surface area contributed by atoms with E-state index < -0.39 is 0 Å². The number of hydrogen-bond donors (Lipinski definition) is 0. The highest BCUT2D eigenvalue weighted by molar-refractivity contribution is 5.91. The summed E-state index contributed by atoms with van der Waals surface area (Å²) < 4.78 is 10.6. The Balaban J connectivity index is 1.55. The van der Waals surface area contributed by atoms with Gasteiger partial charge in [-0.3, -0.25) is 9.59 Å². The van der Waals surface area contributed by atoms with E-state index in [4.69, 9.17) is 8.83 Å². The van der Waals surface area contributed by atoms with Crippen LogP contribution in [0.4, 0.5) is 0 Å². The normalized spacial score (nSPS) is 15.0. The van der Waals surface area contributed by atoms with Crippen LogP contribution in [-0.2, 0) is 11.2 Å². The number of nitrogens with zero attached hydrogens (tertiary/aromatic N) is 3. The molecule has 7 heteroatoms. The van der Waals surface area contributed by atoms with Crippen molar-refractivity contribution < 1.29 is 18.4 Å². The smallest absolute Gasteiger partial charge is 0.289 e. The molecule has 3 rings (SSSR count). The first-order chi connectivity index (χ1) is 11.0. The number of carbonyl (C=O) groups is 2. The third-order valence-corrected chi connectivity index (χ3v) is 3.96. The van der Waals surface area contributed by atoms with Crippen molar-refractivity contribution in [3.05, 3.63) is 41.5 Å². The van der Waals surface area contributed by atoms with Crippen molar-refractivity contribution in [2.75, 3.05) is 26.2 Å². The van der Waals surface area contributed by atoms with Crippen LogP contribution in [-0.4, -0.2) is 52.8 Å². The Bertz CT molecular complexity index is 697. The molecule has 0 spiro atoms. The van der Waals surface area contributed by atoms with E-state index in [1.807, 2.05) is 6.92 Å². The van der Waals surface area contributed by atoms with Crippen LogP contribution in [0.2, 0.25) is 0 Å². The largest absolute Gasteiger partial charge is 0.459 e. The lowest BCUT2D eigenvalue weighted by Gasteiger charge is -2.34. The van der Waals surface area contributed by atoms with E-state index in [2.05, 4.69) is 4.98 Å². The Labute approximate surface area is 133 Å². The second-order valence-electron chi connectivity index (χ2n) is 5.57. The van der Waals surface area contributed by atoms with E-state index in [1.54, 1.807) is 28.9 Å². The highest BCUT2D eigenvalue weighted by Gasteiger charge is 2.26. The molecule has 1 fully saturated rings. The molecule has 23 heavy (non-hydrogen) atoms. The quantitative estimate of drug-likeness (QED) is 0.855. The summed E-state index contributed by atoms with van der Waals surface area (Å²) in [5.74, 6) is 1.37. The van der Waals surface area contributed by atoms with Crippen molar-refractivity contribution in [1.29, 1.82) is 0 Å². The molecule has 2 aromatic heterocycles. The molecule has 7 nitrogen and oxygen atoms in total. The molecular weight excluding hydrogens is 298 g/mol. The van der Waals surface area contributed by atoms with Crippen molar-refractivity contribution >= 4 is 11.8 Å². The van der Waals surface area contributed by atoms with E-state index in [0.717, 1.165) is 5.69 Å². The van der Waals surface area contributed by atoms with Crippen molar-refractivity contribution in [2.45, 2.75) is 20.3 Å². The lowest BCUT2D eigenvalue weighted by molar-refractivity contribution is -0.132. The zero-order valence-corrected chi connectivity index (χ0v) is 13.2. The highest BCUT2D eigenvalue weighted by Crippen LogP contribution is 2.14. The number of piperazine rings is 1. The van der Waals surface area contributed by atoms with Gasteiger partial charge in [-0.15, -0.1) is 0 Å². The summed E-state index contributed by atoms with van der Waals surface area (Å²) in [6.07, 6.45) is 1.69. The number of rotatable bonds is 3. The van der Waals surface area contributed by atoms with Gasteiger partial charge in [0.2, 0.25) is 5.91 Å². The summed E-state index contributed by atoms with van der Waals surface area (Å²) in [5.41, 5.74) is 0.752. The van der Waals surface area contributed by atoms with E-state index in [9.17, 15) is 9.59 Å². The average molecular weight is 317 g/mol. The van der Waals surface area contributed by atoms with Gasteiger partial charge in [0.1, 0.15) is 5.76 Å². The Morgan fingerprint density at radius 2 is 1.87 bits per heavy atom. The predicted molar refractivity (Wildman–Crippen MR) is 80.9 cm³/mol. The molecule has 0 saturated carbocycles. The topological polar surface area (TPSA) is 79.8 Å². The first-order valence-electron chi connectivity index (χ1n) is 7.58. The maximum atomic E-state index is 12.4. The number of aryl methyl sites for hydroxylation is 2.